The van der Waals surface area contributed by atoms with E-state index in [0.29, 0.717) is 0 Å². The zero-order valence-electron chi connectivity index (χ0n) is 14.7. The summed E-state index contributed by atoms with van der Waals surface area (Å²) in [6.07, 6.45) is 3.65. The first kappa shape index (κ1) is 18.8. The van der Waals surface area contributed by atoms with E-state index in [9.17, 15) is 14.3 Å². The fourth-order valence-corrected chi connectivity index (χ4v) is 2.33. The van der Waals surface area contributed by atoms with Crippen LogP contribution >= 0.6 is 0 Å². The number of rotatable bonds is 7. The third-order valence-corrected chi connectivity index (χ3v) is 3.55. The highest BCUT2D eigenvalue weighted by molar-refractivity contribution is 6.15. The summed E-state index contributed by atoms with van der Waals surface area (Å²) in [5, 5.41) is 9.43. The number of benzene rings is 2. The van der Waals surface area contributed by atoms with Crippen molar-refractivity contribution in [3.63, 3.8) is 0 Å². The first-order valence-electron chi connectivity index (χ1n) is 8.06. The first-order valence-corrected chi connectivity index (χ1v) is 8.06. The van der Waals surface area contributed by atoms with Crippen LogP contribution in [0, 0.1) is 5.82 Å². The zero-order valence-corrected chi connectivity index (χ0v) is 14.7. The van der Waals surface area contributed by atoms with Crippen LogP contribution in [0.2, 0.25) is 0 Å². The first-order chi connectivity index (χ1) is 13.6. The van der Waals surface area contributed by atoms with Crippen molar-refractivity contribution in [1.29, 1.82) is 0 Å². The molecule has 1 heterocycles. The summed E-state index contributed by atoms with van der Waals surface area (Å²) in [4.78, 5) is 19.4. The molecule has 0 amide bonds. The zero-order chi connectivity index (χ0) is 19.9. The average molecular weight is 382 g/mol. The number of aromatic nitrogens is 2. The molecule has 28 heavy (non-hydrogen) atoms. The number of aliphatic carboxylic acids is 1. The molecule has 0 atom stereocenters. The lowest BCUT2D eigenvalue weighted by Crippen LogP contribution is -2.03. The number of halogens is 1. The Balaban J connectivity index is 1.97. The molecule has 0 aliphatic heterocycles. The van der Waals surface area contributed by atoms with E-state index in [0.717, 1.165) is 6.26 Å². The van der Waals surface area contributed by atoms with Gasteiger partial charge in [0.25, 0.3) is 5.88 Å². The molecular weight excluding hydrogens is 367 g/mol. The Morgan fingerprint density at radius 1 is 1.04 bits per heavy atom. The molecule has 8 heteroatoms. The van der Waals surface area contributed by atoms with E-state index in [1.165, 1.54) is 37.8 Å². The largest absolute Gasteiger partial charge is 0.503 e. The van der Waals surface area contributed by atoms with Gasteiger partial charge >= 0.3 is 5.97 Å². The van der Waals surface area contributed by atoms with Gasteiger partial charge in [-0.3, -0.25) is 0 Å². The molecule has 0 unspecified atom stereocenters. The second-order valence-corrected chi connectivity index (χ2v) is 5.40. The summed E-state index contributed by atoms with van der Waals surface area (Å²) in [5.41, 5.74) is 0.163. The number of hydrogen-bond acceptors (Lipinski definition) is 6. The van der Waals surface area contributed by atoms with Gasteiger partial charge in [-0.2, -0.15) is 4.98 Å². The maximum Gasteiger partial charge on any atom is 0.339 e. The number of para-hydroxylation sites is 2. The van der Waals surface area contributed by atoms with Crippen LogP contribution in [-0.2, 0) is 9.53 Å². The molecule has 1 aromatic heterocycles. The molecule has 0 aliphatic rings. The summed E-state index contributed by atoms with van der Waals surface area (Å²) >= 11 is 0. The molecule has 1 N–H and O–H groups in total. The van der Waals surface area contributed by atoms with Crippen molar-refractivity contribution in [3.8, 4) is 23.1 Å². The maximum absolute atomic E-state index is 13.9. The Kier molecular flexibility index (Phi) is 5.81. The van der Waals surface area contributed by atoms with E-state index < -0.39 is 11.8 Å². The molecule has 0 radical (unpaired) electrons. The number of carbonyl (C=O) groups is 1. The fraction of sp³-hybridized carbons (Fsp3) is 0.0500. The van der Waals surface area contributed by atoms with Gasteiger partial charge in [-0.15, -0.1) is 0 Å². The standard InChI is InChI=1S/C20H15FN2O5/c1-26-11-14(20(24)25)13-6-2-4-8-16(13)28-19-18(10-22-12-23-19)27-17-9-5-3-7-15(17)21/h2-12H,1H3,(H,24,25). The van der Waals surface area contributed by atoms with Gasteiger partial charge in [0.05, 0.1) is 19.6 Å². The molecule has 142 valence electrons. The topological polar surface area (TPSA) is 90.8 Å². The van der Waals surface area contributed by atoms with Crippen molar-refractivity contribution < 1.29 is 28.5 Å². The van der Waals surface area contributed by atoms with Crippen LogP contribution in [0.5, 0.6) is 23.1 Å². The van der Waals surface area contributed by atoms with Crippen molar-refractivity contribution in [3.05, 3.63) is 78.7 Å². The van der Waals surface area contributed by atoms with E-state index in [-0.39, 0.29) is 34.3 Å². The summed E-state index contributed by atoms with van der Waals surface area (Å²) in [5.74, 6) is -1.52. The SMILES string of the molecule is COC=C(C(=O)O)c1ccccc1Oc1ncncc1Oc1ccccc1F. The van der Waals surface area contributed by atoms with Gasteiger partial charge in [-0.1, -0.05) is 30.3 Å². The molecule has 0 fully saturated rings. The molecule has 0 aliphatic carbocycles. The lowest BCUT2D eigenvalue weighted by Gasteiger charge is -2.13. The van der Waals surface area contributed by atoms with Crippen LogP contribution in [0.4, 0.5) is 4.39 Å². The number of carboxylic acids is 1. The van der Waals surface area contributed by atoms with E-state index in [1.54, 1.807) is 30.3 Å². The second-order valence-electron chi connectivity index (χ2n) is 5.40. The fourth-order valence-electron chi connectivity index (χ4n) is 2.33. The van der Waals surface area contributed by atoms with Crippen molar-refractivity contribution in [1.82, 2.24) is 9.97 Å². The smallest absolute Gasteiger partial charge is 0.339 e. The molecule has 0 saturated heterocycles. The van der Waals surface area contributed by atoms with Gasteiger partial charge < -0.3 is 19.3 Å². The lowest BCUT2D eigenvalue weighted by atomic mass is 10.1. The predicted octanol–water partition coefficient (Wildman–Crippen LogP) is 4.27. The van der Waals surface area contributed by atoms with Crippen LogP contribution in [0.1, 0.15) is 5.56 Å². The Bertz CT molecular complexity index is 1020. The summed E-state index contributed by atoms with van der Waals surface area (Å²) in [7, 11) is 1.34. The number of methoxy groups -OCH3 is 1. The monoisotopic (exact) mass is 382 g/mol. The summed E-state index contributed by atoms with van der Waals surface area (Å²) in [6.45, 7) is 0. The van der Waals surface area contributed by atoms with Gasteiger partial charge in [-0.25, -0.2) is 14.2 Å². The number of hydrogen-bond donors (Lipinski definition) is 1. The van der Waals surface area contributed by atoms with Gasteiger partial charge in [0, 0.05) is 5.56 Å². The Morgan fingerprint density at radius 2 is 1.75 bits per heavy atom. The lowest BCUT2D eigenvalue weighted by molar-refractivity contribution is -0.130. The number of carboxylic acid groups (broad SMARTS) is 1. The maximum atomic E-state index is 13.9. The summed E-state index contributed by atoms with van der Waals surface area (Å²) < 4.78 is 30.0. The molecular formula is C20H15FN2O5. The van der Waals surface area contributed by atoms with Crippen molar-refractivity contribution in [2.75, 3.05) is 7.11 Å². The molecule has 3 rings (SSSR count). The van der Waals surface area contributed by atoms with Gasteiger partial charge in [0.15, 0.2) is 11.6 Å². The number of ether oxygens (including phenoxy) is 3. The van der Waals surface area contributed by atoms with Crippen LogP contribution < -0.4 is 9.47 Å². The molecule has 3 aromatic rings. The molecule has 7 nitrogen and oxygen atoms in total. The number of nitrogens with zero attached hydrogens (tertiary/aromatic N) is 2. The van der Waals surface area contributed by atoms with Gasteiger partial charge in [-0.05, 0) is 18.2 Å². The Hall–Kier alpha value is -3.94. The molecule has 0 spiro atoms. The van der Waals surface area contributed by atoms with Crippen molar-refractivity contribution >= 4 is 11.5 Å². The average Bonchev–Trinajstić information content (AvgIpc) is 2.70. The van der Waals surface area contributed by atoms with Gasteiger partial charge in [0.1, 0.15) is 17.6 Å². The Labute approximate surface area is 159 Å². The predicted molar refractivity (Wildman–Crippen MR) is 97.6 cm³/mol. The van der Waals surface area contributed by atoms with Crippen LogP contribution in [0.25, 0.3) is 5.57 Å². The minimum atomic E-state index is -1.19. The van der Waals surface area contributed by atoms with Gasteiger partial charge in [0.2, 0.25) is 5.75 Å². The third-order valence-electron chi connectivity index (χ3n) is 3.55. The van der Waals surface area contributed by atoms with E-state index in [1.807, 2.05) is 0 Å². The normalized spacial score (nSPS) is 11.0. The summed E-state index contributed by atoms with van der Waals surface area (Å²) in [6, 6.07) is 12.3. The molecule has 0 bridgehead atoms. The van der Waals surface area contributed by atoms with Crippen molar-refractivity contribution in [2.24, 2.45) is 0 Å². The quantitative estimate of drug-likeness (QED) is 0.482. The highest BCUT2D eigenvalue weighted by Gasteiger charge is 2.19. The van der Waals surface area contributed by atoms with Crippen LogP contribution in [0.3, 0.4) is 0 Å². The van der Waals surface area contributed by atoms with E-state index in [4.69, 9.17) is 14.2 Å². The molecule has 0 saturated carbocycles. The second kappa shape index (κ2) is 8.63. The minimum absolute atomic E-state index is 0.00661. The highest BCUT2D eigenvalue weighted by atomic mass is 19.1. The van der Waals surface area contributed by atoms with E-state index in [2.05, 4.69) is 9.97 Å². The third kappa shape index (κ3) is 4.24. The van der Waals surface area contributed by atoms with Crippen LogP contribution in [-0.4, -0.2) is 28.2 Å². The molecule has 2 aromatic carbocycles. The van der Waals surface area contributed by atoms with Crippen LogP contribution in [0.15, 0.2) is 67.3 Å². The van der Waals surface area contributed by atoms with Crippen molar-refractivity contribution in [2.45, 2.75) is 0 Å². The van der Waals surface area contributed by atoms with E-state index >= 15 is 0 Å². The Morgan fingerprint density at radius 3 is 2.46 bits per heavy atom. The minimum Gasteiger partial charge on any atom is -0.503 e. The highest BCUT2D eigenvalue weighted by Crippen LogP contribution is 2.35.